The number of carboxylic acids is 1. The molecule has 0 aliphatic heterocycles. The molecule has 0 aromatic heterocycles. The molecule has 0 saturated heterocycles. The third-order valence-electron chi connectivity index (χ3n) is 9.07. The van der Waals surface area contributed by atoms with E-state index < -0.39 is 38.8 Å². The summed E-state index contributed by atoms with van der Waals surface area (Å²) in [7, 11) is -3.33. The lowest BCUT2D eigenvalue weighted by atomic mass is 9.46. The predicted octanol–water partition coefficient (Wildman–Crippen LogP) is 4.34. The highest BCUT2D eigenvalue weighted by Gasteiger charge is 2.61. The number of carbonyl (C=O) groups is 2. The molecular formula is C31H33NO7S. The Morgan fingerprint density at radius 1 is 1.00 bits per heavy atom. The highest BCUT2D eigenvalue weighted by Crippen LogP contribution is 2.62. The van der Waals surface area contributed by atoms with Crippen LogP contribution in [0.4, 0.5) is 0 Å². The van der Waals surface area contributed by atoms with Crippen LogP contribution in [0.2, 0.25) is 0 Å². The van der Waals surface area contributed by atoms with E-state index in [1.165, 1.54) is 12.1 Å². The van der Waals surface area contributed by atoms with E-state index in [9.17, 15) is 28.2 Å². The number of carbonyl (C=O) groups excluding carboxylic acids is 1. The summed E-state index contributed by atoms with van der Waals surface area (Å²) in [6.45, 7) is 0.0843. The molecule has 9 heteroatoms. The van der Waals surface area contributed by atoms with Crippen molar-refractivity contribution < 1.29 is 33.0 Å². The summed E-state index contributed by atoms with van der Waals surface area (Å²) in [4.78, 5) is 26.6. The number of fused-ring (bicyclic) bond motifs is 1. The van der Waals surface area contributed by atoms with E-state index in [1.54, 1.807) is 24.3 Å². The van der Waals surface area contributed by atoms with Gasteiger partial charge in [-0.1, -0.05) is 42.5 Å². The molecule has 7 rings (SSSR count). The maximum Gasteiger partial charge on any atom is 0.326 e. The molecule has 0 radical (unpaired) electrons. The van der Waals surface area contributed by atoms with Gasteiger partial charge < -0.3 is 20.3 Å². The van der Waals surface area contributed by atoms with Crippen LogP contribution in [0.3, 0.4) is 0 Å². The molecule has 3 atom stereocenters. The van der Waals surface area contributed by atoms with Gasteiger partial charge in [-0.05, 0) is 79.5 Å². The molecule has 0 heterocycles. The van der Waals surface area contributed by atoms with Gasteiger partial charge in [0.15, 0.2) is 9.84 Å². The highest BCUT2D eigenvalue weighted by molar-refractivity contribution is 7.90. The van der Waals surface area contributed by atoms with Crippen molar-refractivity contribution in [3.63, 3.8) is 0 Å². The lowest BCUT2D eigenvalue weighted by molar-refractivity contribution is -0.181. The van der Waals surface area contributed by atoms with Crippen LogP contribution in [-0.2, 0) is 21.2 Å². The summed E-state index contributed by atoms with van der Waals surface area (Å²) >= 11 is 0. The number of aliphatic hydroxyl groups is 1. The Labute approximate surface area is 233 Å². The van der Waals surface area contributed by atoms with E-state index in [4.69, 9.17) is 4.74 Å². The van der Waals surface area contributed by atoms with Crippen LogP contribution < -0.4 is 10.1 Å². The van der Waals surface area contributed by atoms with Gasteiger partial charge in [0.1, 0.15) is 18.4 Å². The van der Waals surface area contributed by atoms with Crippen LogP contribution in [0.1, 0.15) is 54.4 Å². The zero-order valence-corrected chi connectivity index (χ0v) is 23.1. The smallest absolute Gasteiger partial charge is 0.326 e. The number of ether oxygens (including phenoxy) is 1. The van der Waals surface area contributed by atoms with Crippen molar-refractivity contribution in [2.45, 2.75) is 61.7 Å². The van der Waals surface area contributed by atoms with Crippen LogP contribution in [-0.4, -0.2) is 48.4 Å². The van der Waals surface area contributed by atoms with Crippen LogP contribution in [0.5, 0.6) is 5.75 Å². The molecule has 4 fully saturated rings. The topological polar surface area (TPSA) is 130 Å². The van der Waals surface area contributed by atoms with Gasteiger partial charge in [0.05, 0.1) is 16.1 Å². The number of hydrogen-bond acceptors (Lipinski definition) is 6. The summed E-state index contributed by atoms with van der Waals surface area (Å²) in [6.07, 6.45) is 5.33. The second-order valence-electron chi connectivity index (χ2n) is 12.2. The van der Waals surface area contributed by atoms with Gasteiger partial charge in [0.25, 0.3) is 5.91 Å². The minimum Gasteiger partial charge on any atom is -0.487 e. The normalized spacial score (nSPS) is 27.9. The summed E-state index contributed by atoms with van der Waals surface area (Å²) in [6, 6.07) is 16.2. The van der Waals surface area contributed by atoms with Gasteiger partial charge in [-0.3, -0.25) is 4.79 Å². The second-order valence-corrected chi connectivity index (χ2v) is 14.2. The number of hydrogen-bond donors (Lipinski definition) is 3. The van der Waals surface area contributed by atoms with Crippen molar-refractivity contribution in [1.29, 1.82) is 0 Å². The zero-order chi connectivity index (χ0) is 28.3. The third kappa shape index (κ3) is 4.86. The van der Waals surface area contributed by atoms with Crippen molar-refractivity contribution in [3.05, 3.63) is 71.8 Å². The minimum absolute atomic E-state index is 0.0843. The van der Waals surface area contributed by atoms with Crippen molar-refractivity contribution in [1.82, 2.24) is 5.32 Å². The van der Waals surface area contributed by atoms with Gasteiger partial charge in [-0.2, -0.15) is 0 Å². The minimum atomic E-state index is -3.33. The molecule has 4 saturated carbocycles. The maximum atomic E-state index is 13.8. The van der Waals surface area contributed by atoms with Gasteiger partial charge in [-0.25, -0.2) is 13.2 Å². The molecule has 3 aromatic carbocycles. The molecule has 4 bridgehead atoms. The Hall–Kier alpha value is -3.43. The van der Waals surface area contributed by atoms with Crippen LogP contribution in [0.15, 0.2) is 65.6 Å². The predicted molar refractivity (Wildman–Crippen MR) is 149 cm³/mol. The molecule has 1 amide bonds. The highest BCUT2D eigenvalue weighted by atomic mass is 32.2. The van der Waals surface area contributed by atoms with Crippen molar-refractivity contribution >= 4 is 32.5 Å². The number of rotatable bonds is 8. The van der Waals surface area contributed by atoms with Crippen LogP contribution >= 0.6 is 0 Å². The van der Waals surface area contributed by atoms with Gasteiger partial charge in [0, 0.05) is 17.1 Å². The quantitative estimate of drug-likeness (QED) is 0.372. The average Bonchev–Trinajstić information content (AvgIpc) is 2.88. The lowest BCUT2D eigenvalue weighted by Gasteiger charge is -2.61. The summed E-state index contributed by atoms with van der Waals surface area (Å²) in [5.41, 5.74) is -0.593. The SMILES string of the molecule is CS(=O)(=O)c1ccc(COc2c(C(=O)N[C@H](C(=O)O)C34CC5CC(CC(O)(C5)C3)C4)ccc3ccccc23)cc1. The van der Waals surface area contributed by atoms with E-state index in [0.717, 1.165) is 23.6 Å². The van der Waals surface area contributed by atoms with E-state index in [2.05, 4.69) is 5.32 Å². The first kappa shape index (κ1) is 26.8. The standard InChI is InChI=1S/C31H33NO7S/c1-40(37,38)23-9-6-19(7-10-23)17-39-26-24-5-3-2-4-22(24)8-11-25(26)28(33)32-27(29(34)35)30-13-20-12-21(14-30)16-31(36,15-20)18-30/h2-11,20-21,27,36H,12-18H2,1H3,(H,32,33)(H,34,35)/t20?,21?,27-,30?,31?/m1/s1. The fraction of sp³-hybridized carbons (Fsp3) is 0.419. The Morgan fingerprint density at radius 3 is 2.30 bits per heavy atom. The number of carboxylic acid groups (broad SMARTS) is 1. The Kier molecular flexibility index (Phi) is 6.42. The first-order valence-corrected chi connectivity index (χ1v) is 15.5. The molecule has 40 heavy (non-hydrogen) atoms. The molecule has 4 aliphatic rings. The van der Waals surface area contributed by atoms with E-state index >= 15 is 0 Å². The molecule has 8 nitrogen and oxygen atoms in total. The van der Waals surface area contributed by atoms with Crippen molar-refractivity contribution in [2.24, 2.45) is 17.3 Å². The van der Waals surface area contributed by atoms with E-state index in [-0.39, 0.29) is 28.9 Å². The Bertz CT molecular complexity index is 1580. The Morgan fingerprint density at radius 2 is 1.68 bits per heavy atom. The molecule has 3 aromatic rings. The third-order valence-corrected chi connectivity index (χ3v) is 10.2. The first-order valence-electron chi connectivity index (χ1n) is 13.6. The maximum absolute atomic E-state index is 13.8. The fourth-order valence-electron chi connectivity index (χ4n) is 7.87. The number of nitrogens with one attached hydrogen (secondary N) is 1. The number of aliphatic carboxylic acids is 1. The summed E-state index contributed by atoms with van der Waals surface area (Å²) < 4.78 is 29.8. The van der Waals surface area contributed by atoms with Crippen LogP contribution in [0.25, 0.3) is 10.8 Å². The van der Waals surface area contributed by atoms with Gasteiger partial charge in [0.2, 0.25) is 0 Å². The number of benzene rings is 3. The average molecular weight is 564 g/mol. The van der Waals surface area contributed by atoms with E-state index in [0.29, 0.717) is 43.2 Å². The molecular weight excluding hydrogens is 530 g/mol. The van der Waals surface area contributed by atoms with Gasteiger partial charge in [-0.15, -0.1) is 0 Å². The fourth-order valence-corrected chi connectivity index (χ4v) is 8.50. The lowest BCUT2D eigenvalue weighted by Crippen LogP contribution is -2.64. The monoisotopic (exact) mass is 563 g/mol. The molecule has 0 spiro atoms. The molecule has 3 N–H and O–H groups in total. The second kappa shape index (κ2) is 9.59. The van der Waals surface area contributed by atoms with Crippen molar-refractivity contribution in [2.75, 3.05) is 6.26 Å². The Balaban J connectivity index is 1.30. The molecule has 4 aliphatic carbocycles. The van der Waals surface area contributed by atoms with Crippen LogP contribution in [0, 0.1) is 17.3 Å². The summed E-state index contributed by atoms with van der Waals surface area (Å²) in [5, 5.41) is 25.9. The van der Waals surface area contributed by atoms with E-state index in [1.807, 2.05) is 24.3 Å². The van der Waals surface area contributed by atoms with Gasteiger partial charge >= 0.3 is 5.97 Å². The van der Waals surface area contributed by atoms with Crippen molar-refractivity contribution in [3.8, 4) is 5.75 Å². The zero-order valence-electron chi connectivity index (χ0n) is 22.3. The first-order chi connectivity index (χ1) is 18.9. The summed E-state index contributed by atoms with van der Waals surface area (Å²) in [5.74, 6) is -0.746. The number of sulfone groups is 1. The molecule has 210 valence electrons. The molecule has 2 unspecified atom stereocenters. The largest absolute Gasteiger partial charge is 0.487 e. The number of amides is 1.